The van der Waals surface area contributed by atoms with Gasteiger partial charge in [0.1, 0.15) is 6.10 Å². The summed E-state index contributed by atoms with van der Waals surface area (Å²) in [5, 5.41) is 23.7. The summed E-state index contributed by atoms with van der Waals surface area (Å²) in [6, 6.07) is -0.702. The number of rotatable bonds is 44. The van der Waals surface area contributed by atoms with Gasteiger partial charge in [0, 0.05) is 6.42 Å². The van der Waals surface area contributed by atoms with Crippen LogP contribution in [0.25, 0.3) is 0 Å². The average Bonchev–Trinajstić information content (AvgIpc) is 3.19. The summed E-state index contributed by atoms with van der Waals surface area (Å²) in [5.41, 5.74) is 0. The van der Waals surface area contributed by atoms with E-state index in [-0.39, 0.29) is 24.9 Å². The number of amides is 1. The molecule has 6 heteroatoms. The molecule has 0 radical (unpaired) electrons. The average molecular weight is 790 g/mol. The first-order valence-corrected chi connectivity index (χ1v) is 24.6. The van der Waals surface area contributed by atoms with E-state index in [4.69, 9.17) is 4.74 Å². The van der Waals surface area contributed by atoms with Crippen LogP contribution in [0.3, 0.4) is 0 Å². The van der Waals surface area contributed by atoms with E-state index in [1.165, 1.54) is 141 Å². The van der Waals surface area contributed by atoms with Crippen LogP contribution < -0.4 is 5.32 Å². The number of aliphatic hydroxyl groups is 2. The molecule has 56 heavy (non-hydrogen) atoms. The van der Waals surface area contributed by atoms with Crippen LogP contribution in [0.4, 0.5) is 0 Å². The van der Waals surface area contributed by atoms with Crippen LogP contribution in [0.15, 0.2) is 24.3 Å². The summed E-state index contributed by atoms with van der Waals surface area (Å²) < 4.78 is 5.91. The summed E-state index contributed by atoms with van der Waals surface area (Å²) in [5.74, 6) is -0.492. The fourth-order valence-electron chi connectivity index (χ4n) is 7.48. The van der Waals surface area contributed by atoms with Crippen molar-refractivity contribution in [1.82, 2.24) is 5.32 Å². The van der Waals surface area contributed by atoms with Gasteiger partial charge >= 0.3 is 5.97 Å². The van der Waals surface area contributed by atoms with E-state index < -0.39 is 18.2 Å². The number of esters is 1. The number of hydrogen-bond donors (Lipinski definition) is 3. The largest absolute Gasteiger partial charge is 0.462 e. The first-order chi connectivity index (χ1) is 27.5. The van der Waals surface area contributed by atoms with Gasteiger partial charge in [0.2, 0.25) is 5.91 Å². The van der Waals surface area contributed by atoms with Crippen LogP contribution >= 0.6 is 0 Å². The molecule has 1 amide bonds. The molecule has 0 saturated carbocycles. The van der Waals surface area contributed by atoms with Crippen molar-refractivity contribution in [2.45, 2.75) is 277 Å². The number of carbonyl (C=O) groups excluding carboxylic acids is 2. The summed E-state index contributed by atoms with van der Waals surface area (Å²) in [7, 11) is 0. The molecule has 3 unspecified atom stereocenters. The number of ether oxygens (including phenoxy) is 1. The number of allylic oxidation sites excluding steroid dienone is 4. The molecule has 0 bridgehead atoms. The quantitative estimate of drug-likeness (QED) is 0.0324. The maximum atomic E-state index is 13.2. The van der Waals surface area contributed by atoms with Crippen LogP contribution in [0.5, 0.6) is 0 Å². The lowest BCUT2D eigenvalue weighted by Crippen LogP contribution is -2.46. The van der Waals surface area contributed by atoms with E-state index in [1.54, 1.807) is 0 Å². The van der Waals surface area contributed by atoms with Crippen molar-refractivity contribution < 1.29 is 24.5 Å². The smallest absolute Gasteiger partial charge is 0.306 e. The van der Waals surface area contributed by atoms with E-state index >= 15 is 0 Å². The minimum atomic E-state index is -0.788. The maximum Gasteiger partial charge on any atom is 0.306 e. The lowest BCUT2D eigenvalue weighted by atomic mass is 10.0. The molecule has 0 aliphatic heterocycles. The van der Waals surface area contributed by atoms with Crippen molar-refractivity contribution in [2.24, 2.45) is 0 Å². The third-order valence-electron chi connectivity index (χ3n) is 11.3. The number of nitrogens with one attached hydrogen (secondary N) is 1. The molecule has 0 aromatic carbocycles. The van der Waals surface area contributed by atoms with Crippen molar-refractivity contribution >= 4 is 11.9 Å². The zero-order valence-electron chi connectivity index (χ0n) is 37.5. The fraction of sp³-hybridized carbons (Fsp3) is 0.880. The van der Waals surface area contributed by atoms with Gasteiger partial charge in [0.25, 0.3) is 0 Å². The Morgan fingerprint density at radius 1 is 0.500 bits per heavy atom. The van der Waals surface area contributed by atoms with E-state index in [0.29, 0.717) is 19.3 Å². The van der Waals surface area contributed by atoms with Crippen molar-refractivity contribution in [3.63, 3.8) is 0 Å². The molecule has 0 rings (SSSR count). The molecule has 0 fully saturated rings. The first kappa shape index (κ1) is 54.3. The van der Waals surface area contributed by atoms with Crippen molar-refractivity contribution in [2.75, 3.05) is 6.61 Å². The highest BCUT2D eigenvalue weighted by atomic mass is 16.5. The third kappa shape index (κ3) is 39.2. The topological polar surface area (TPSA) is 95.9 Å². The van der Waals surface area contributed by atoms with Gasteiger partial charge in [-0.15, -0.1) is 0 Å². The van der Waals surface area contributed by atoms with E-state index in [2.05, 4.69) is 50.4 Å². The van der Waals surface area contributed by atoms with E-state index in [1.807, 2.05) is 0 Å². The lowest BCUT2D eigenvalue weighted by Gasteiger charge is -2.24. The highest BCUT2D eigenvalue weighted by molar-refractivity contribution is 5.77. The predicted molar refractivity (Wildman–Crippen MR) is 241 cm³/mol. The SMILES string of the molecule is CCCCC/C=C\CCCCCCCC(=O)OC(CCCCC/C=C/CCCCCCCCC)CC(=O)NC(CO)C(O)CCCCCCCCCCCCC. The second-order valence-electron chi connectivity index (χ2n) is 16.9. The summed E-state index contributed by atoms with van der Waals surface area (Å²) in [4.78, 5) is 26.0. The monoisotopic (exact) mass is 790 g/mol. The van der Waals surface area contributed by atoms with Gasteiger partial charge in [-0.05, 0) is 77.0 Å². The third-order valence-corrected chi connectivity index (χ3v) is 11.3. The standard InChI is InChI=1S/C50H95NO5/c1-4-7-10-13-16-19-22-24-25-27-29-32-35-38-41-46(56-50(55)43-40-37-34-31-28-23-20-17-14-11-8-5-2)44-49(54)51-47(45-52)48(53)42-39-36-33-30-26-21-18-15-12-9-6-3/h17,20,25,27,46-48,52-53H,4-16,18-19,21-24,26,28-45H2,1-3H3,(H,51,54)/b20-17-,27-25+. The number of aliphatic hydroxyl groups excluding tert-OH is 2. The van der Waals surface area contributed by atoms with Crippen LogP contribution in [-0.4, -0.2) is 46.9 Å². The van der Waals surface area contributed by atoms with E-state index in [9.17, 15) is 19.8 Å². The Morgan fingerprint density at radius 2 is 0.857 bits per heavy atom. The zero-order valence-corrected chi connectivity index (χ0v) is 37.5. The predicted octanol–water partition coefficient (Wildman–Crippen LogP) is 14.3. The van der Waals surface area contributed by atoms with Gasteiger partial charge in [-0.2, -0.15) is 0 Å². The summed E-state index contributed by atoms with van der Waals surface area (Å²) >= 11 is 0. The number of carbonyl (C=O) groups is 2. The minimum Gasteiger partial charge on any atom is -0.462 e. The van der Waals surface area contributed by atoms with Gasteiger partial charge in [0.05, 0.1) is 25.2 Å². The Kier molecular flexibility index (Phi) is 43.1. The molecule has 0 aliphatic rings. The maximum absolute atomic E-state index is 13.2. The van der Waals surface area contributed by atoms with Gasteiger partial charge < -0.3 is 20.3 Å². The molecule has 0 heterocycles. The van der Waals surface area contributed by atoms with Gasteiger partial charge in [-0.3, -0.25) is 9.59 Å². The Bertz CT molecular complexity index is 889. The molecule has 0 spiro atoms. The van der Waals surface area contributed by atoms with Crippen LogP contribution in [0, 0.1) is 0 Å². The van der Waals surface area contributed by atoms with Crippen LogP contribution in [0.2, 0.25) is 0 Å². The highest BCUT2D eigenvalue weighted by Crippen LogP contribution is 2.17. The van der Waals surface area contributed by atoms with Crippen LogP contribution in [0.1, 0.15) is 258 Å². The molecular formula is C50H95NO5. The van der Waals surface area contributed by atoms with Gasteiger partial charge in [-0.25, -0.2) is 0 Å². The Labute approximate surface area is 348 Å². The molecular weight excluding hydrogens is 695 g/mol. The Hall–Kier alpha value is -1.66. The molecule has 0 saturated heterocycles. The molecule has 3 atom stereocenters. The van der Waals surface area contributed by atoms with Crippen molar-refractivity contribution in [3.8, 4) is 0 Å². The van der Waals surface area contributed by atoms with Crippen molar-refractivity contribution in [3.05, 3.63) is 24.3 Å². The van der Waals surface area contributed by atoms with Gasteiger partial charge in [0.15, 0.2) is 0 Å². The Morgan fingerprint density at radius 3 is 1.32 bits per heavy atom. The molecule has 0 aromatic heterocycles. The summed E-state index contributed by atoms with van der Waals surface area (Å²) in [6.45, 7) is 6.45. The van der Waals surface area contributed by atoms with Gasteiger partial charge in [-0.1, -0.05) is 193 Å². The first-order valence-electron chi connectivity index (χ1n) is 24.6. The fourth-order valence-corrected chi connectivity index (χ4v) is 7.48. The van der Waals surface area contributed by atoms with Crippen molar-refractivity contribution in [1.29, 1.82) is 0 Å². The van der Waals surface area contributed by atoms with Crippen LogP contribution in [-0.2, 0) is 14.3 Å². The second-order valence-corrected chi connectivity index (χ2v) is 16.9. The lowest BCUT2D eigenvalue weighted by molar-refractivity contribution is -0.151. The molecule has 3 N–H and O–H groups in total. The van der Waals surface area contributed by atoms with E-state index in [0.717, 1.165) is 70.6 Å². The zero-order chi connectivity index (χ0) is 41.0. The highest BCUT2D eigenvalue weighted by Gasteiger charge is 2.24. The summed E-state index contributed by atoms with van der Waals surface area (Å²) in [6.07, 6.45) is 49.5. The molecule has 330 valence electrons. The normalized spacial score (nSPS) is 13.4. The second kappa shape index (κ2) is 44.4. The molecule has 6 nitrogen and oxygen atoms in total. The molecule has 0 aliphatic carbocycles. The number of unbranched alkanes of at least 4 members (excludes halogenated alkanes) is 28. The number of hydrogen-bond acceptors (Lipinski definition) is 5. The minimum absolute atomic E-state index is 0.0672. The molecule has 0 aromatic rings. The Balaban J connectivity index is 4.61.